The van der Waals surface area contributed by atoms with Gasteiger partial charge in [0.1, 0.15) is 0 Å². The van der Waals surface area contributed by atoms with Gasteiger partial charge < -0.3 is 16.0 Å². The molecule has 1 aliphatic rings. The van der Waals surface area contributed by atoms with Gasteiger partial charge in [0.2, 0.25) is 11.8 Å². The van der Waals surface area contributed by atoms with Crippen LogP contribution in [0.15, 0.2) is 0 Å². The number of carbonyl (C=O) groups is 2. The molecule has 0 aromatic rings. The van der Waals surface area contributed by atoms with Crippen LogP contribution in [0.1, 0.15) is 46.5 Å². The summed E-state index contributed by atoms with van der Waals surface area (Å²) >= 11 is 0. The lowest BCUT2D eigenvalue weighted by molar-refractivity contribution is -0.133. The van der Waals surface area contributed by atoms with E-state index in [1.54, 1.807) is 13.8 Å². The molecule has 0 spiro atoms. The number of hydrogen-bond donors (Lipinski definition) is 2. The average molecular weight is 255 g/mol. The Kier molecular flexibility index (Phi) is 5.59. The second kappa shape index (κ2) is 6.73. The maximum atomic E-state index is 11.7. The number of amides is 2. The highest BCUT2D eigenvalue weighted by Crippen LogP contribution is 2.23. The quantitative estimate of drug-likeness (QED) is 0.773. The maximum Gasteiger partial charge on any atom is 0.236 e. The van der Waals surface area contributed by atoms with E-state index in [4.69, 9.17) is 5.73 Å². The van der Waals surface area contributed by atoms with Crippen molar-refractivity contribution < 1.29 is 9.59 Å². The van der Waals surface area contributed by atoms with Crippen LogP contribution in [0.25, 0.3) is 0 Å². The van der Waals surface area contributed by atoms with Crippen LogP contribution in [0.3, 0.4) is 0 Å². The zero-order chi connectivity index (χ0) is 13.7. The van der Waals surface area contributed by atoms with Gasteiger partial charge >= 0.3 is 0 Å². The molecule has 1 fully saturated rings. The van der Waals surface area contributed by atoms with Gasteiger partial charge in [-0.1, -0.05) is 12.8 Å². The van der Waals surface area contributed by atoms with Crippen molar-refractivity contribution in [2.75, 3.05) is 6.54 Å². The normalized spacial score (nSPS) is 25.3. The first-order chi connectivity index (χ1) is 8.47. The average Bonchev–Trinajstić information content (AvgIpc) is 2.31. The molecule has 1 aliphatic carbocycles. The van der Waals surface area contributed by atoms with Gasteiger partial charge in [0.15, 0.2) is 0 Å². The van der Waals surface area contributed by atoms with Gasteiger partial charge in [-0.25, -0.2) is 0 Å². The molecule has 3 N–H and O–H groups in total. The van der Waals surface area contributed by atoms with Crippen molar-refractivity contribution >= 4 is 11.8 Å². The van der Waals surface area contributed by atoms with Crippen LogP contribution in [0.4, 0.5) is 0 Å². The van der Waals surface area contributed by atoms with Crippen LogP contribution in [0.5, 0.6) is 0 Å². The number of carbonyl (C=O) groups excluding carboxylic acids is 2. The first-order valence-electron chi connectivity index (χ1n) is 6.80. The summed E-state index contributed by atoms with van der Waals surface area (Å²) < 4.78 is 0. The molecule has 0 saturated heterocycles. The molecule has 0 radical (unpaired) electrons. The van der Waals surface area contributed by atoms with Crippen LogP contribution in [-0.2, 0) is 9.59 Å². The summed E-state index contributed by atoms with van der Waals surface area (Å²) in [5.74, 6) is -0.0593. The summed E-state index contributed by atoms with van der Waals surface area (Å²) in [7, 11) is 0. The van der Waals surface area contributed by atoms with E-state index in [1.807, 2.05) is 11.8 Å². The molecular weight excluding hydrogens is 230 g/mol. The van der Waals surface area contributed by atoms with Gasteiger partial charge in [0.05, 0.1) is 12.1 Å². The zero-order valence-electron chi connectivity index (χ0n) is 11.6. The smallest absolute Gasteiger partial charge is 0.236 e. The monoisotopic (exact) mass is 255 g/mol. The van der Waals surface area contributed by atoms with Crippen molar-refractivity contribution in [2.45, 2.75) is 64.6 Å². The predicted octanol–water partition coefficient (Wildman–Crippen LogP) is 0.629. The summed E-state index contributed by atoms with van der Waals surface area (Å²) in [4.78, 5) is 25.2. The Balaban J connectivity index is 2.73. The molecule has 3 atom stereocenters. The van der Waals surface area contributed by atoms with Crippen molar-refractivity contribution in [2.24, 2.45) is 5.73 Å². The predicted molar refractivity (Wildman–Crippen MR) is 70.9 cm³/mol. The Bertz CT molecular complexity index is 305. The molecule has 5 nitrogen and oxygen atoms in total. The number of hydrogen-bond acceptors (Lipinski definition) is 3. The minimum atomic E-state index is -0.500. The Morgan fingerprint density at radius 2 is 2.00 bits per heavy atom. The Morgan fingerprint density at radius 3 is 2.50 bits per heavy atom. The zero-order valence-corrected chi connectivity index (χ0v) is 11.6. The largest absolute Gasteiger partial charge is 0.350 e. The molecule has 3 unspecified atom stereocenters. The molecule has 0 bridgehead atoms. The highest BCUT2D eigenvalue weighted by molar-refractivity contribution is 5.81. The molecule has 104 valence electrons. The van der Waals surface area contributed by atoms with Gasteiger partial charge in [0, 0.05) is 19.5 Å². The molecule has 0 aromatic heterocycles. The van der Waals surface area contributed by atoms with Crippen LogP contribution < -0.4 is 11.1 Å². The Labute approximate surface area is 109 Å². The summed E-state index contributed by atoms with van der Waals surface area (Å²) in [6.45, 7) is 5.92. The van der Waals surface area contributed by atoms with Crippen LogP contribution in [0.2, 0.25) is 0 Å². The fourth-order valence-electron chi connectivity index (χ4n) is 2.66. The highest BCUT2D eigenvalue weighted by Gasteiger charge is 2.32. The van der Waals surface area contributed by atoms with E-state index in [1.165, 1.54) is 0 Å². The van der Waals surface area contributed by atoms with E-state index < -0.39 is 6.04 Å². The molecule has 0 aromatic carbocycles. The number of nitrogens with one attached hydrogen (secondary N) is 1. The third kappa shape index (κ3) is 3.70. The van der Waals surface area contributed by atoms with Crippen molar-refractivity contribution in [3.8, 4) is 0 Å². The van der Waals surface area contributed by atoms with Crippen LogP contribution >= 0.6 is 0 Å². The summed E-state index contributed by atoms with van der Waals surface area (Å²) in [5.41, 5.74) is 5.57. The number of likely N-dealkylation sites (N-methyl/N-ethyl adjacent to an activating group) is 1. The minimum Gasteiger partial charge on any atom is -0.350 e. The molecule has 2 amide bonds. The van der Waals surface area contributed by atoms with Crippen LogP contribution in [0, 0.1) is 0 Å². The van der Waals surface area contributed by atoms with E-state index in [9.17, 15) is 9.59 Å². The molecule has 0 aliphatic heterocycles. The molecule has 1 rings (SSSR count). The first kappa shape index (κ1) is 15.0. The van der Waals surface area contributed by atoms with Crippen molar-refractivity contribution in [1.29, 1.82) is 0 Å². The minimum absolute atomic E-state index is 0.0427. The second-order valence-corrected chi connectivity index (χ2v) is 5.06. The Hall–Kier alpha value is -1.10. The lowest BCUT2D eigenvalue weighted by Gasteiger charge is -2.39. The van der Waals surface area contributed by atoms with E-state index in [2.05, 4.69) is 5.32 Å². The molecule has 0 heterocycles. The van der Waals surface area contributed by atoms with Crippen molar-refractivity contribution in [1.82, 2.24) is 10.2 Å². The summed E-state index contributed by atoms with van der Waals surface area (Å²) in [5, 5.41) is 2.98. The third-order valence-electron chi connectivity index (χ3n) is 3.62. The number of nitrogens with zero attached hydrogens (tertiary/aromatic N) is 1. The first-order valence-corrected chi connectivity index (χ1v) is 6.80. The number of rotatable bonds is 4. The molecule has 1 saturated carbocycles. The van der Waals surface area contributed by atoms with E-state index in [0.29, 0.717) is 6.54 Å². The maximum absolute atomic E-state index is 11.7. The van der Waals surface area contributed by atoms with E-state index >= 15 is 0 Å². The van der Waals surface area contributed by atoms with E-state index in [0.717, 1.165) is 25.7 Å². The van der Waals surface area contributed by atoms with Gasteiger partial charge in [-0.15, -0.1) is 0 Å². The Morgan fingerprint density at radius 1 is 1.39 bits per heavy atom. The lowest BCUT2D eigenvalue weighted by Crippen LogP contribution is -2.56. The van der Waals surface area contributed by atoms with E-state index in [-0.39, 0.29) is 23.9 Å². The second-order valence-electron chi connectivity index (χ2n) is 5.06. The van der Waals surface area contributed by atoms with Gasteiger partial charge in [0.25, 0.3) is 0 Å². The van der Waals surface area contributed by atoms with Gasteiger partial charge in [-0.3, -0.25) is 9.59 Å². The molecular formula is C13H25N3O2. The lowest BCUT2D eigenvalue weighted by atomic mass is 9.88. The number of nitrogens with two attached hydrogens (primary N) is 1. The molecule has 5 heteroatoms. The standard InChI is InChI=1S/C13H25N3O2/c1-4-16(10(3)17)12-8-6-5-7-11(12)15-13(18)9(2)14/h9,11-12H,4-8,14H2,1-3H3,(H,15,18). The highest BCUT2D eigenvalue weighted by atomic mass is 16.2. The summed E-state index contributed by atoms with van der Waals surface area (Å²) in [6, 6.07) is -0.343. The van der Waals surface area contributed by atoms with Gasteiger partial charge in [-0.05, 0) is 26.7 Å². The van der Waals surface area contributed by atoms with Crippen LogP contribution in [-0.4, -0.2) is 41.4 Å². The fourth-order valence-corrected chi connectivity index (χ4v) is 2.66. The summed E-state index contributed by atoms with van der Waals surface area (Å²) in [6.07, 6.45) is 4.08. The fraction of sp³-hybridized carbons (Fsp3) is 0.846. The van der Waals surface area contributed by atoms with Crippen molar-refractivity contribution in [3.05, 3.63) is 0 Å². The van der Waals surface area contributed by atoms with Crippen molar-refractivity contribution in [3.63, 3.8) is 0 Å². The topological polar surface area (TPSA) is 75.4 Å². The third-order valence-corrected chi connectivity index (χ3v) is 3.62. The molecule has 18 heavy (non-hydrogen) atoms. The SMILES string of the molecule is CCN(C(C)=O)C1CCCCC1NC(=O)C(C)N. The van der Waals surface area contributed by atoms with Gasteiger partial charge in [-0.2, -0.15) is 0 Å².